The number of allylic oxidation sites excluding steroid dienone is 8. The van der Waals surface area contributed by atoms with Crippen LogP contribution >= 0.6 is 0 Å². The monoisotopic (exact) mass is 961 g/mol. The summed E-state index contributed by atoms with van der Waals surface area (Å²) in [6.07, 6.45) is 35.9. The van der Waals surface area contributed by atoms with E-state index in [-0.39, 0.29) is 29.4 Å². The summed E-state index contributed by atoms with van der Waals surface area (Å²) in [5, 5.41) is 20.5. The van der Waals surface area contributed by atoms with E-state index < -0.39 is 6.10 Å². The summed E-state index contributed by atoms with van der Waals surface area (Å²) in [6.45, 7) is 27.3. The van der Waals surface area contributed by atoms with Gasteiger partial charge in [0.2, 0.25) is 0 Å². The van der Waals surface area contributed by atoms with Crippen molar-refractivity contribution >= 4 is 5.97 Å². The normalized spacial score (nSPS) is 36.3. The molecule has 0 aliphatic heterocycles. The molecule has 14 atom stereocenters. The van der Waals surface area contributed by atoms with Crippen molar-refractivity contribution in [1.82, 2.24) is 0 Å². The van der Waals surface area contributed by atoms with Gasteiger partial charge in [-0.2, -0.15) is 0 Å². The molecule has 0 aromatic heterocycles. The maximum Gasteiger partial charge on any atom is 0.302 e. The number of fused-ring (bicyclic) bond motifs is 2. The number of hydrogen-bond acceptors (Lipinski definition) is 8. The molecule has 6 rings (SSSR count). The zero-order valence-corrected chi connectivity index (χ0v) is 46.1. The summed E-state index contributed by atoms with van der Waals surface area (Å²) < 4.78 is 27.4. The van der Waals surface area contributed by atoms with E-state index in [1.165, 1.54) is 82.3 Å². The Morgan fingerprint density at radius 1 is 0.652 bits per heavy atom. The number of carbonyl (C=O) groups is 1. The van der Waals surface area contributed by atoms with E-state index in [4.69, 9.17) is 23.7 Å². The predicted octanol–water partition coefficient (Wildman–Crippen LogP) is 14.2. The summed E-state index contributed by atoms with van der Waals surface area (Å²) in [6, 6.07) is 0. The lowest BCUT2D eigenvalue weighted by Crippen LogP contribution is -2.36. The summed E-state index contributed by atoms with van der Waals surface area (Å²) in [5.41, 5.74) is 6.11. The first-order valence-electron chi connectivity index (χ1n) is 27.5. The van der Waals surface area contributed by atoms with E-state index in [2.05, 4.69) is 125 Å². The highest BCUT2D eigenvalue weighted by atomic mass is 16.7. The molecule has 69 heavy (non-hydrogen) atoms. The molecule has 0 amide bonds. The lowest BCUT2D eigenvalue weighted by atomic mass is 9.61. The van der Waals surface area contributed by atoms with Gasteiger partial charge in [0.1, 0.15) is 19.7 Å². The second-order valence-electron chi connectivity index (χ2n) is 24.6. The third-order valence-electron chi connectivity index (χ3n) is 18.7. The Kier molecular flexibility index (Phi) is 21.3. The molecule has 0 spiro atoms. The van der Waals surface area contributed by atoms with E-state index >= 15 is 0 Å². The number of ether oxygens (including phenoxy) is 5. The number of aliphatic hydroxyl groups is 2. The van der Waals surface area contributed by atoms with E-state index in [1.807, 2.05) is 0 Å². The number of hydrogen-bond donors (Lipinski definition) is 2. The van der Waals surface area contributed by atoms with Crippen LogP contribution in [0.3, 0.4) is 0 Å². The summed E-state index contributed by atoms with van der Waals surface area (Å²) in [4.78, 5) is 11.4. The molecule has 2 N–H and O–H groups in total. The maximum atomic E-state index is 11.4. The van der Waals surface area contributed by atoms with Crippen molar-refractivity contribution in [3.05, 3.63) is 70.9 Å². The molecule has 6 fully saturated rings. The Balaban J connectivity index is 0.000000258. The van der Waals surface area contributed by atoms with Crippen LogP contribution in [0.5, 0.6) is 0 Å². The largest absolute Gasteiger partial charge is 0.462 e. The second kappa shape index (κ2) is 25.6. The third-order valence-corrected chi connectivity index (χ3v) is 18.7. The quantitative estimate of drug-likeness (QED) is 0.0844. The number of carbonyl (C=O) groups excluding carboxylic acids is 1. The van der Waals surface area contributed by atoms with Crippen LogP contribution in [0.2, 0.25) is 0 Å². The maximum absolute atomic E-state index is 11.4. The predicted molar refractivity (Wildman–Crippen MR) is 282 cm³/mol. The summed E-state index contributed by atoms with van der Waals surface area (Å²) >= 11 is 0. The van der Waals surface area contributed by atoms with Gasteiger partial charge in [-0.3, -0.25) is 4.79 Å². The molecule has 6 saturated carbocycles. The molecular weight excluding hydrogens is 861 g/mol. The van der Waals surface area contributed by atoms with Crippen LogP contribution in [0.4, 0.5) is 0 Å². The van der Waals surface area contributed by atoms with Gasteiger partial charge in [0.05, 0.1) is 23.4 Å². The molecule has 0 radical (unpaired) electrons. The molecule has 6 aliphatic rings. The molecule has 8 nitrogen and oxygen atoms in total. The molecule has 0 aromatic carbocycles. The van der Waals surface area contributed by atoms with Crippen molar-refractivity contribution in [3.8, 4) is 0 Å². The van der Waals surface area contributed by atoms with Gasteiger partial charge in [0, 0.05) is 45.8 Å². The fraction of sp³-hybridized carbons (Fsp3) is 0.787. The highest BCUT2D eigenvalue weighted by Crippen LogP contribution is 2.61. The Bertz CT molecular complexity index is 1820. The van der Waals surface area contributed by atoms with Gasteiger partial charge in [0.15, 0.2) is 0 Å². The molecular formula is C61H100O8. The molecule has 8 heteroatoms. The SMILES string of the molecule is COCOC(C)(C)[C@@H](C)/C=C/[C@@H](C)[C@H]1CC[C@H]2/C(=C/C=C3/C[C@@H](C)C[C@H](O)C3)CCC[C@]12C.COCOC(C)(C)[C@@H](C)/C=C/[C@@H](C)[C@H]1CC[C@H]2/C(=C/C=C3/C[C@@H](O)C[C@H](OC(C)=O)C3)CCC[C@]12C. The summed E-state index contributed by atoms with van der Waals surface area (Å²) in [5.74, 6) is 4.83. The zero-order valence-electron chi connectivity index (χ0n) is 46.1. The molecule has 6 aliphatic carbocycles. The fourth-order valence-electron chi connectivity index (χ4n) is 14.0. The molecule has 0 bridgehead atoms. The fourth-order valence-corrected chi connectivity index (χ4v) is 14.0. The van der Waals surface area contributed by atoms with Crippen LogP contribution in [0.15, 0.2) is 70.9 Å². The van der Waals surface area contributed by atoms with Crippen molar-refractivity contribution in [2.75, 3.05) is 27.8 Å². The van der Waals surface area contributed by atoms with Crippen molar-refractivity contribution in [3.63, 3.8) is 0 Å². The van der Waals surface area contributed by atoms with Gasteiger partial charge in [-0.1, -0.05) is 119 Å². The first kappa shape index (κ1) is 57.6. The standard InChI is InChI=1S/C31H50O5.C30H50O3/c1-21(10-11-22(2)30(4,5)35-20-34-7)28-14-15-29-25(9-8-16-31(28,29)6)13-12-24-17-26(33)19-27(18-24)36-23(3)32;1-21-17-24(19-26(31)18-21)12-13-25-9-8-16-30(6)27(14-15-28(25)30)22(2)10-11-23(3)29(4,5)33-20-32-7/h10-13,21-22,26-29,33H,8-9,14-20H2,1-7H3;10-13,21-23,26-28,31H,8-9,14-20H2,1-7H3/b2*11-10+,24-12-,25-13+/t21-,22+,26-,27-,28-,29+,31-;21-,22-,23+,26+,27-,28+,30-/m11/s1. The van der Waals surface area contributed by atoms with Crippen molar-refractivity contribution in [2.45, 2.75) is 215 Å². The van der Waals surface area contributed by atoms with Gasteiger partial charge in [-0.15, -0.1) is 0 Å². The smallest absolute Gasteiger partial charge is 0.302 e. The van der Waals surface area contributed by atoms with Crippen LogP contribution < -0.4 is 0 Å². The lowest BCUT2D eigenvalue weighted by Gasteiger charge is -2.44. The van der Waals surface area contributed by atoms with Crippen LogP contribution in [-0.4, -0.2) is 73.5 Å². The molecule has 0 aromatic rings. The van der Waals surface area contributed by atoms with Crippen LogP contribution in [0.1, 0.15) is 186 Å². The minimum Gasteiger partial charge on any atom is -0.462 e. The molecule has 392 valence electrons. The topological polar surface area (TPSA) is 104 Å². The summed E-state index contributed by atoms with van der Waals surface area (Å²) in [7, 11) is 3.34. The number of methoxy groups -OCH3 is 2. The minimum atomic E-state index is -0.430. The van der Waals surface area contributed by atoms with Crippen molar-refractivity contribution < 1.29 is 38.7 Å². The second-order valence-corrected chi connectivity index (χ2v) is 24.6. The van der Waals surface area contributed by atoms with E-state index in [9.17, 15) is 15.0 Å². The van der Waals surface area contributed by atoms with E-state index in [1.54, 1.807) is 25.4 Å². The van der Waals surface area contributed by atoms with Gasteiger partial charge in [0.25, 0.3) is 0 Å². The Morgan fingerprint density at radius 2 is 1.09 bits per heavy atom. The van der Waals surface area contributed by atoms with Gasteiger partial charge in [-0.25, -0.2) is 0 Å². The number of esters is 1. The van der Waals surface area contributed by atoms with Crippen molar-refractivity contribution in [1.29, 1.82) is 0 Å². The lowest BCUT2D eigenvalue weighted by molar-refractivity contribution is -0.148. The zero-order chi connectivity index (χ0) is 50.7. The Labute approximate surface area is 421 Å². The van der Waals surface area contributed by atoms with Crippen molar-refractivity contribution in [2.24, 2.45) is 64.1 Å². The molecule has 0 saturated heterocycles. The van der Waals surface area contributed by atoms with Crippen LogP contribution in [-0.2, 0) is 28.5 Å². The highest BCUT2D eigenvalue weighted by molar-refractivity contribution is 5.66. The number of rotatable bonds is 17. The first-order chi connectivity index (χ1) is 32.5. The Morgan fingerprint density at radius 3 is 1.51 bits per heavy atom. The van der Waals surface area contributed by atoms with Crippen LogP contribution in [0, 0.1) is 64.1 Å². The molecule has 0 unspecified atom stereocenters. The third kappa shape index (κ3) is 15.4. The van der Waals surface area contributed by atoms with Gasteiger partial charge in [-0.05, 0) is 170 Å². The average Bonchev–Trinajstić information content (AvgIpc) is 3.83. The average molecular weight is 961 g/mol. The van der Waals surface area contributed by atoms with Gasteiger partial charge >= 0.3 is 5.97 Å². The van der Waals surface area contributed by atoms with Crippen LogP contribution in [0.25, 0.3) is 0 Å². The van der Waals surface area contributed by atoms with E-state index in [0.717, 1.165) is 31.6 Å². The first-order valence-corrected chi connectivity index (χ1v) is 27.5. The minimum absolute atomic E-state index is 0.147. The highest BCUT2D eigenvalue weighted by Gasteiger charge is 2.51. The number of aliphatic hydroxyl groups excluding tert-OH is 2. The van der Waals surface area contributed by atoms with Gasteiger partial charge < -0.3 is 33.9 Å². The molecule has 0 heterocycles. The van der Waals surface area contributed by atoms with E-state index in [0.29, 0.717) is 84.6 Å². The Hall–Kier alpha value is -2.33.